The number of benzene rings is 1. The second kappa shape index (κ2) is 7.96. The first kappa shape index (κ1) is 19.2. The number of amides is 1. The normalized spacial score (nSPS) is 14.9. The molecule has 27 heavy (non-hydrogen) atoms. The van der Waals surface area contributed by atoms with E-state index in [4.69, 9.17) is 4.98 Å². The lowest BCUT2D eigenvalue weighted by atomic mass is 10.1. The Morgan fingerprint density at radius 3 is 2.30 bits per heavy atom. The molecule has 0 N–H and O–H groups in total. The van der Waals surface area contributed by atoms with Crippen molar-refractivity contribution in [2.45, 2.75) is 0 Å². The monoisotopic (exact) mass is 367 g/mol. The van der Waals surface area contributed by atoms with Crippen LogP contribution in [0.25, 0.3) is 11.3 Å². The van der Waals surface area contributed by atoms with Gasteiger partial charge in [0.1, 0.15) is 5.82 Å². The number of carbonyl (C=O) groups excluding carboxylic acids is 1. The van der Waals surface area contributed by atoms with Crippen LogP contribution in [-0.2, 0) is 0 Å². The van der Waals surface area contributed by atoms with Crippen molar-refractivity contribution in [3.8, 4) is 11.3 Å². The number of piperazine rings is 1. The van der Waals surface area contributed by atoms with Gasteiger partial charge in [0.2, 0.25) is 0 Å². The van der Waals surface area contributed by atoms with Crippen molar-refractivity contribution in [1.29, 1.82) is 0 Å². The van der Waals surface area contributed by atoms with Crippen molar-refractivity contribution in [3.05, 3.63) is 42.0 Å². The van der Waals surface area contributed by atoms with Gasteiger partial charge in [0, 0.05) is 65.6 Å². The fraction of sp³-hybridized carbons (Fsp3) is 0.429. The summed E-state index contributed by atoms with van der Waals surface area (Å²) in [4.78, 5) is 26.0. The third-order valence-corrected chi connectivity index (χ3v) is 4.98. The fourth-order valence-electron chi connectivity index (χ4n) is 3.24. The van der Waals surface area contributed by atoms with Crippen LogP contribution in [0.5, 0.6) is 0 Å². The maximum atomic E-state index is 13.1. The third-order valence-electron chi connectivity index (χ3n) is 4.98. The molecule has 0 radical (unpaired) electrons. The van der Waals surface area contributed by atoms with Crippen LogP contribution in [0, 0.1) is 0 Å². The zero-order valence-corrected chi connectivity index (χ0v) is 16.9. The van der Waals surface area contributed by atoms with Gasteiger partial charge in [-0.3, -0.25) is 4.79 Å². The summed E-state index contributed by atoms with van der Waals surface area (Å²) in [5, 5.41) is 0. The van der Waals surface area contributed by atoms with Crippen LogP contribution in [0.3, 0.4) is 0 Å². The van der Waals surface area contributed by atoms with Crippen molar-refractivity contribution in [2.24, 2.45) is 0 Å². The average Bonchev–Trinajstić information content (AvgIpc) is 2.67. The van der Waals surface area contributed by atoms with Crippen LogP contribution in [0.1, 0.15) is 10.4 Å². The van der Waals surface area contributed by atoms with Gasteiger partial charge in [0.25, 0.3) is 5.91 Å². The molecule has 1 fully saturated rings. The maximum Gasteiger partial charge on any atom is 0.257 e. The Balaban J connectivity index is 1.93. The molecule has 1 amide bonds. The lowest BCUT2D eigenvalue weighted by Gasteiger charge is -2.33. The molecule has 6 nitrogen and oxygen atoms in total. The molecule has 2 heterocycles. The van der Waals surface area contributed by atoms with E-state index in [2.05, 4.69) is 35.0 Å². The molecule has 0 unspecified atom stereocenters. The molecule has 0 aliphatic carbocycles. The Morgan fingerprint density at radius 1 is 0.963 bits per heavy atom. The molecule has 0 saturated carbocycles. The van der Waals surface area contributed by atoms with Gasteiger partial charge in [-0.25, -0.2) is 4.98 Å². The third kappa shape index (κ3) is 4.22. The van der Waals surface area contributed by atoms with E-state index in [1.54, 1.807) is 0 Å². The smallest absolute Gasteiger partial charge is 0.257 e. The number of carbonyl (C=O) groups is 1. The molecular weight excluding hydrogens is 338 g/mol. The van der Waals surface area contributed by atoms with E-state index in [1.165, 1.54) is 0 Å². The highest BCUT2D eigenvalue weighted by Gasteiger charge is 2.24. The maximum absolute atomic E-state index is 13.1. The molecule has 1 aromatic heterocycles. The number of nitrogens with zero attached hydrogens (tertiary/aromatic N) is 5. The molecule has 1 saturated heterocycles. The minimum absolute atomic E-state index is 0.0629. The minimum atomic E-state index is 0.0629. The summed E-state index contributed by atoms with van der Waals surface area (Å²) in [6.45, 7) is 3.33. The van der Waals surface area contributed by atoms with E-state index in [0.29, 0.717) is 11.4 Å². The van der Waals surface area contributed by atoms with Crippen molar-refractivity contribution < 1.29 is 4.79 Å². The number of pyridine rings is 1. The lowest BCUT2D eigenvalue weighted by Crippen LogP contribution is -2.47. The highest BCUT2D eigenvalue weighted by Crippen LogP contribution is 2.27. The van der Waals surface area contributed by atoms with E-state index >= 15 is 0 Å². The molecule has 1 aliphatic rings. The molecule has 0 spiro atoms. The van der Waals surface area contributed by atoms with Crippen LogP contribution in [0.4, 0.5) is 11.5 Å². The van der Waals surface area contributed by atoms with E-state index in [1.807, 2.05) is 56.2 Å². The van der Waals surface area contributed by atoms with Crippen molar-refractivity contribution >= 4 is 17.4 Å². The molecule has 0 atom stereocenters. The van der Waals surface area contributed by atoms with Crippen LogP contribution in [-0.4, -0.2) is 82.1 Å². The Kier molecular flexibility index (Phi) is 5.65. The summed E-state index contributed by atoms with van der Waals surface area (Å²) in [7, 11) is 10.0. The summed E-state index contributed by atoms with van der Waals surface area (Å²) in [6, 6.07) is 12.1. The van der Waals surface area contributed by atoms with Gasteiger partial charge in [-0.1, -0.05) is 12.1 Å². The molecule has 6 heteroatoms. The zero-order chi connectivity index (χ0) is 19.6. The van der Waals surface area contributed by atoms with E-state index in [0.717, 1.165) is 43.1 Å². The minimum Gasteiger partial charge on any atom is -0.378 e. The zero-order valence-electron chi connectivity index (χ0n) is 16.9. The number of aromatic nitrogens is 1. The van der Waals surface area contributed by atoms with Gasteiger partial charge in [-0.05, 0) is 31.3 Å². The van der Waals surface area contributed by atoms with Gasteiger partial charge in [0.15, 0.2) is 0 Å². The van der Waals surface area contributed by atoms with Gasteiger partial charge < -0.3 is 19.6 Å². The van der Waals surface area contributed by atoms with Gasteiger partial charge in [0.05, 0.1) is 11.3 Å². The second-order valence-corrected chi connectivity index (χ2v) is 7.50. The van der Waals surface area contributed by atoms with Crippen LogP contribution >= 0.6 is 0 Å². The van der Waals surface area contributed by atoms with Gasteiger partial charge >= 0.3 is 0 Å². The topological polar surface area (TPSA) is 42.9 Å². The van der Waals surface area contributed by atoms with Gasteiger partial charge in [-0.15, -0.1) is 0 Å². The first-order chi connectivity index (χ1) is 12.9. The summed E-state index contributed by atoms with van der Waals surface area (Å²) in [5.41, 5.74) is 3.70. The Labute approximate surface area is 162 Å². The van der Waals surface area contributed by atoms with Crippen molar-refractivity contribution in [1.82, 2.24) is 14.8 Å². The SMILES string of the molecule is CN1CCN(C(=O)c2ccc(-c3cccc(N(C)C)c3)nc2N(C)C)CC1. The summed E-state index contributed by atoms with van der Waals surface area (Å²) >= 11 is 0. The van der Waals surface area contributed by atoms with Crippen LogP contribution < -0.4 is 9.80 Å². The predicted molar refractivity (Wildman–Crippen MR) is 112 cm³/mol. The van der Waals surface area contributed by atoms with E-state index < -0.39 is 0 Å². The Hall–Kier alpha value is -2.60. The first-order valence-corrected chi connectivity index (χ1v) is 9.31. The molecule has 0 bridgehead atoms. The number of hydrogen-bond donors (Lipinski definition) is 0. The number of anilines is 2. The van der Waals surface area contributed by atoms with Crippen LogP contribution in [0.2, 0.25) is 0 Å². The molecule has 2 aromatic rings. The number of likely N-dealkylation sites (N-methyl/N-ethyl adjacent to an activating group) is 1. The molecule has 144 valence electrons. The first-order valence-electron chi connectivity index (χ1n) is 9.31. The second-order valence-electron chi connectivity index (χ2n) is 7.50. The fourth-order valence-corrected chi connectivity index (χ4v) is 3.24. The standard InChI is InChI=1S/C21H29N5O/c1-23(2)17-8-6-7-16(15-17)19-10-9-18(20(22-19)24(3)4)21(27)26-13-11-25(5)12-14-26/h6-10,15H,11-14H2,1-5H3. The molecule has 3 rings (SSSR count). The van der Waals surface area contributed by atoms with Crippen molar-refractivity contribution in [2.75, 3.05) is 71.2 Å². The average molecular weight is 367 g/mol. The predicted octanol–water partition coefficient (Wildman–Crippen LogP) is 2.27. The molecule has 1 aliphatic heterocycles. The Bertz CT molecular complexity index is 810. The molecular formula is C21H29N5O. The van der Waals surface area contributed by atoms with Gasteiger partial charge in [-0.2, -0.15) is 0 Å². The van der Waals surface area contributed by atoms with Crippen LogP contribution in [0.15, 0.2) is 36.4 Å². The van der Waals surface area contributed by atoms with E-state index in [-0.39, 0.29) is 5.91 Å². The van der Waals surface area contributed by atoms with E-state index in [9.17, 15) is 4.79 Å². The summed E-state index contributed by atoms with van der Waals surface area (Å²) in [6.07, 6.45) is 0. The summed E-state index contributed by atoms with van der Waals surface area (Å²) < 4.78 is 0. The number of rotatable bonds is 4. The molecule has 1 aromatic carbocycles. The highest BCUT2D eigenvalue weighted by molar-refractivity contribution is 5.99. The van der Waals surface area contributed by atoms with Crippen molar-refractivity contribution in [3.63, 3.8) is 0 Å². The summed E-state index contributed by atoms with van der Waals surface area (Å²) in [5.74, 6) is 0.777. The number of hydrogen-bond acceptors (Lipinski definition) is 5. The quantitative estimate of drug-likeness (QED) is 0.829. The Morgan fingerprint density at radius 2 is 1.67 bits per heavy atom. The largest absolute Gasteiger partial charge is 0.378 e. The lowest BCUT2D eigenvalue weighted by molar-refractivity contribution is 0.0664. The highest BCUT2D eigenvalue weighted by atomic mass is 16.2.